The van der Waals surface area contributed by atoms with E-state index in [0.717, 1.165) is 11.4 Å². The van der Waals surface area contributed by atoms with Gasteiger partial charge in [-0.1, -0.05) is 0 Å². The second-order valence-corrected chi connectivity index (χ2v) is 3.85. The van der Waals surface area contributed by atoms with Crippen molar-refractivity contribution < 1.29 is 5.11 Å². The molecular weight excluding hydrogens is 240 g/mol. The van der Waals surface area contributed by atoms with Gasteiger partial charge in [-0.3, -0.25) is 4.98 Å². The van der Waals surface area contributed by atoms with Gasteiger partial charge in [-0.2, -0.15) is 10.5 Å². The summed E-state index contributed by atoms with van der Waals surface area (Å²) in [6.07, 6.45) is 1.37. The Morgan fingerprint density at radius 3 is 2.53 bits per heavy atom. The first-order valence-electron chi connectivity index (χ1n) is 5.55. The monoisotopic (exact) mass is 250 g/mol. The van der Waals surface area contributed by atoms with Gasteiger partial charge in [-0.15, -0.1) is 0 Å². The van der Waals surface area contributed by atoms with Crippen LogP contribution in [0.2, 0.25) is 0 Å². The minimum absolute atomic E-state index is 0.119. The van der Waals surface area contributed by atoms with Crippen LogP contribution >= 0.6 is 0 Å². The van der Waals surface area contributed by atoms with Gasteiger partial charge < -0.3 is 10.4 Å². The van der Waals surface area contributed by atoms with E-state index in [0.29, 0.717) is 17.7 Å². The molecule has 2 rings (SSSR count). The van der Waals surface area contributed by atoms with E-state index in [9.17, 15) is 0 Å². The number of pyridine rings is 1. The number of anilines is 1. The second kappa shape index (κ2) is 5.52. The van der Waals surface area contributed by atoms with Crippen molar-refractivity contribution in [3.8, 4) is 17.9 Å². The summed E-state index contributed by atoms with van der Waals surface area (Å²) in [5.41, 5.74) is 2.20. The van der Waals surface area contributed by atoms with Gasteiger partial charge in [0.1, 0.15) is 17.9 Å². The van der Waals surface area contributed by atoms with Crippen LogP contribution < -0.4 is 5.32 Å². The van der Waals surface area contributed by atoms with Gasteiger partial charge in [0.15, 0.2) is 0 Å². The third-order valence-electron chi connectivity index (χ3n) is 2.54. The summed E-state index contributed by atoms with van der Waals surface area (Å²) in [7, 11) is 0. The molecule has 19 heavy (non-hydrogen) atoms. The van der Waals surface area contributed by atoms with Crippen molar-refractivity contribution in [2.24, 2.45) is 0 Å². The molecule has 0 amide bonds. The number of aromatic nitrogens is 1. The quantitative estimate of drug-likeness (QED) is 0.870. The number of benzene rings is 1. The molecule has 0 bridgehead atoms. The van der Waals surface area contributed by atoms with E-state index in [2.05, 4.69) is 10.3 Å². The highest BCUT2D eigenvalue weighted by Gasteiger charge is 2.03. The lowest BCUT2D eigenvalue weighted by Gasteiger charge is -2.06. The van der Waals surface area contributed by atoms with E-state index in [1.54, 1.807) is 30.3 Å². The van der Waals surface area contributed by atoms with Gasteiger partial charge in [-0.25, -0.2) is 0 Å². The summed E-state index contributed by atoms with van der Waals surface area (Å²) in [6.45, 7) is 0.469. The van der Waals surface area contributed by atoms with Crippen LogP contribution in [-0.2, 0) is 6.54 Å². The molecule has 2 aromatic rings. The van der Waals surface area contributed by atoms with Crippen LogP contribution in [0.15, 0.2) is 36.5 Å². The Bertz CT molecular complexity index is 665. The fourth-order valence-corrected chi connectivity index (χ4v) is 1.56. The zero-order valence-electron chi connectivity index (χ0n) is 9.96. The molecule has 0 aliphatic heterocycles. The van der Waals surface area contributed by atoms with Crippen molar-refractivity contribution in [3.63, 3.8) is 0 Å². The molecule has 0 radical (unpaired) electrons. The Morgan fingerprint density at radius 1 is 1.11 bits per heavy atom. The van der Waals surface area contributed by atoms with E-state index < -0.39 is 0 Å². The maximum absolute atomic E-state index is 9.12. The minimum Gasteiger partial charge on any atom is -0.506 e. The Labute approximate surface area is 110 Å². The van der Waals surface area contributed by atoms with Crippen molar-refractivity contribution >= 4 is 5.69 Å². The number of nitrogens with zero attached hydrogens (tertiary/aromatic N) is 3. The number of hydrogen-bond acceptors (Lipinski definition) is 5. The highest BCUT2D eigenvalue weighted by Crippen LogP contribution is 2.15. The Kier molecular flexibility index (Phi) is 3.61. The molecule has 0 atom stereocenters. The Balaban J connectivity index is 2.10. The molecule has 92 valence electrons. The predicted octanol–water partition coefficient (Wildman–Crippen LogP) is 2.14. The lowest BCUT2D eigenvalue weighted by molar-refractivity contribution is 0.472. The largest absolute Gasteiger partial charge is 0.506 e. The zero-order valence-corrected chi connectivity index (χ0v) is 9.96. The first-order valence-corrected chi connectivity index (χ1v) is 5.55. The number of nitriles is 2. The molecule has 0 aliphatic rings. The summed E-state index contributed by atoms with van der Waals surface area (Å²) in [5, 5.41) is 30.0. The molecule has 0 unspecified atom stereocenters. The molecule has 1 aromatic carbocycles. The van der Waals surface area contributed by atoms with E-state index in [4.69, 9.17) is 15.6 Å². The van der Waals surface area contributed by atoms with Crippen molar-refractivity contribution in [3.05, 3.63) is 53.3 Å². The molecule has 1 aromatic heterocycles. The first-order chi connectivity index (χ1) is 9.22. The molecule has 0 saturated carbocycles. The number of hydrogen-bond donors (Lipinski definition) is 2. The van der Waals surface area contributed by atoms with Crippen molar-refractivity contribution in [1.82, 2.24) is 4.98 Å². The topological polar surface area (TPSA) is 92.7 Å². The van der Waals surface area contributed by atoms with Crippen molar-refractivity contribution in [2.45, 2.75) is 6.54 Å². The summed E-state index contributed by atoms with van der Waals surface area (Å²) in [6, 6.07) is 12.2. The average molecular weight is 250 g/mol. The number of aromatic hydroxyl groups is 1. The third-order valence-corrected chi connectivity index (χ3v) is 2.54. The predicted molar refractivity (Wildman–Crippen MR) is 69.1 cm³/mol. The summed E-state index contributed by atoms with van der Waals surface area (Å²) < 4.78 is 0. The van der Waals surface area contributed by atoms with Crippen LogP contribution in [0.5, 0.6) is 5.75 Å². The van der Waals surface area contributed by atoms with Gasteiger partial charge in [0.25, 0.3) is 0 Å². The molecule has 5 nitrogen and oxygen atoms in total. The highest BCUT2D eigenvalue weighted by molar-refractivity contribution is 5.56. The van der Waals surface area contributed by atoms with Crippen molar-refractivity contribution in [1.29, 1.82) is 10.5 Å². The highest BCUT2D eigenvalue weighted by atomic mass is 16.3. The van der Waals surface area contributed by atoms with E-state index >= 15 is 0 Å². The minimum atomic E-state index is 0.119. The third kappa shape index (κ3) is 2.99. The van der Waals surface area contributed by atoms with Gasteiger partial charge in [-0.05, 0) is 30.3 Å². The molecule has 2 N–H and O–H groups in total. The fourth-order valence-electron chi connectivity index (χ4n) is 1.56. The lowest BCUT2D eigenvalue weighted by atomic mass is 10.1. The van der Waals surface area contributed by atoms with Crippen LogP contribution in [0.1, 0.15) is 16.8 Å². The molecule has 0 spiro atoms. The summed E-state index contributed by atoms with van der Waals surface area (Å²) >= 11 is 0. The molecule has 5 heteroatoms. The van der Waals surface area contributed by atoms with Crippen LogP contribution in [0.4, 0.5) is 5.69 Å². The van der Waals surface area contributed by atoms with E-state index in [-0.39, 0.29) is 5.75 Å². The van der Waals surface area contributed by atoms with Gasteiger partial charge in [0.05, 0.1) is 29.6 Å². The molecule has 0 saturated heterocycles. The molecule has 0 fully saturated rings. The maximum Gasteiger partial charge on any atom is 0.133 e. The van der Waals surface area contributed by atoms with Crippen LogP contribution in [0, 0.1) is 22.7 Å². The van der Waals surface area contributed by atoms with Crippen LogP contribution in [0.3, 0.4) is 0 Å². The van der Waals surface area contributed by atoms with Crippen LogP contribution in [-0.4, -0.2) is 10.1 Å². The second-order valence-electron chi connectivity index (χ2n) is 3.85. The smallest absolute Gasteiger partial charge is 0.133 e. The van der Waals surface area contributed by atoms with Gasteiger partial charge >= 0.3 is 0 Å². The summed E-state index contributed by atoms with van der Waals surface area (Å²) in [5.74, 6) is 0.119. The number of nitrogens with one attached hydrogen (secondary N) is 1. The van der Waals surface area contributed by atoms with Gasteiger partial charge in [0, 0.05) is 5.69 Å². The molecule has 1 heterocycles. The lowest BCUT2D eigenvalue weighted by Crippen LogP contribution is -2.01. The zero-order chi connectivity index (χ0) is 13.7. The SMILES string of the molecule is N#Cc1ccc(NCc2ccc(O)cn2)cc1C#N. The molecule has 0 aliphatic carbocycles. The Morgan fingerprint density at radius 2 is 1.89 bits per heavy atom. The van der Waals surface area contributed by atoms with Crippen LogP contribution in [0.25, 0.3) is 0 Å². The summed E-state index contributed by atoms with van der Waals surface area (Å²) in [4.78, 5) is 4.04. The van der Waals surface area contributed by atoms with Crippen molar-refractivity contribution in [2.75, 3.05) is 5.32 Å². The molecular formula is C14H10N4O. The maximum atomic E-state index is 9.12. The first kappa shape index (κ1) is 12.4. The number of rotatable bonds is 3. The average Bonchev–Trinajstić information content (AvgIpc) is 2.46. The fraction of sp³-hybridized carbons (Fsp3) is 0.0714. The Hall–Kier alpha value is -3.05. The van der Waals surface area contributed by atoms with E-state index in [1.807, 2.05) is 12.1 Å². The van der Waals surface area contributed by atoms with E-state index in [1.165, 1.54) is 6.20 Å². The normalized spacial score (nSPS) is 9.37. The van der Waals surface area contributed by atoms with Gasteiger partial charge in [0.2, 0.25) is 0 Å². The standard InChI is InChI=1S/C14H10N4O/c15-6-10-1-2-12(5-11(10)7-16)17-8-13-3-4-14(19)9-18-13/h1-5,9,17,19H,8H2.